The molecule has 1 aliphatic heterocycles. The fourth-order valence-electron chi connectivity index (χ4n) is 2.19. The summed E-state index contributed by atoms with van der Waals surface area (Å²) in [6.07, 6.45) is 0. The minimum atomic E-state index is 0.381. The molecule has 0 spiro atoms. The molecule has 2 heterocycles. The number of anilines is 1. The summed E-state index contributed by atoms with van der Waals surface area (Å²) in [4.78, 5) is 0. The fraction of sp³-hybridized carbons (Fsp3) is 0.154. The molecule has 1 N–H and O–H groups in total. The van der Waals surface area contributed by atoms with Crippen LogP contribution in [0.1, 0.15) is 11.6 Å². The van der Waals surface area contributed by atoms with Crippen LogP contribution in [0.15, 0.2) is 53.1 Å². The van der Waals surface area contributed by atoms with Crippen molar-refractivity contribution in [1.82, 2.24) is 0 Å². The van der Waals surface area contributed by atoms with Gasteiger partial charge in [-0.2, -0.15) is 0 Å². The van der Waals surface area contributed by atoms with E-state index >= 15 is 0 Å². The van der Waals surface area contributed by atoms with Crippen LogP contribution >= 0.6 is 15.9 Å². The van der Waals surface area contributed by atoms with Gasteiger partial charge in [0.15, 0.2) is 10.6 Å². The van der Waals surface area contributed by atoms with Crippen LogP contribution in [0.3, 0.4) is 0 Å². The average Bonchev–Trinajstić information content (AvgIpc) is 2.75. The van der Waals surface area contributed by atoms with Crippen molar-refractivity contribution < 1.29 is 4.57 Å². The molecule has 0 radical (unpaired) electrons. The van der Waals surface area contributed by atoms with Crippen LogP contribution in [-0.2, 0) is 0 Å². The maximum absolute atomic E-state index is 3.61. The minimum absolute atomic E-state index is 0.381. The lowest BCUT2D eigenvalue weighted by Gasteiger charge is -2.09. The summed E-state index contributed by atoms with van der Waals surface area (Å²) >= 11 is 3.61. The maximum atomic E-state index is 3.61. The molecule has 80 valence electrons. The second-order valence-electron chi connectivity index (χ2n) is 3.91. The molecule has 0 aliphatic carbocycles. The molecule has 3 rings (SSSR count). The van der Waals surface area contributed by atoms with E-state index in [1.165, 1.54) is 11.4 Å². The largest absolute Gasteiger partial charge is 0.276 e. The highest BCUT2D eigenvalue weighted by molar-refractivity contribution is 9.10. The molecule has 1 atom stereocenters. The third-order valence-electron chi connectivity index (χ3n) is 2.95. The Morgan fingerprint density at radius 3 is 2.69 bits per heavy atom. The Balaban J connectivity index is 2.10. The van der Waals surface area contributed by atoms with E-state index in [-0.39, 0.29) is 0 Å². The minimum Gasteiger partial charge on any atom is -0.270 e. The van der Waals surface area contributed by atoms with E-state index in [1.807, 2.05) is 0 Å². The van der Waals surface area contributed by atoms with Crippen molar-refractivity contribution >= 4 is 21.7 Å². The van der Waals surface area contributed by atoms with E-state index in [0.717, 1.165) is 11.1 Å². The van der Waals surface area contributed by atoms with Gasteiger partial charge in [-0.25, -0.2) is 4.57 Å². The Hall–Kier alpha value is -1.35. The normalized spacial score (nSPS) is 17.9. The third kappa shape index (κ3) is 1.52. The van der Waals surface area contributed by atoms with Crippen LogP contribution in [0, 0.1) is 0 Å². The van der Waals surface area contributed by atoms with Crippen LogP contribution in [0.2, 0.25) is 0 Å². The number of fused-ring (bicyclic) bond motifs is 1. The van der Waals surface area contributed by atoms with Gasteiger partial charge in [-0.3, -0.25) is 5.32 Å². The first kappa shape index (κ1) is 9.85. The molecule has 16 heavy (non-hydrogen) atoms. The van der Waals surface area contributed by atoms with E-state index in [1.54, 1.807) is 0 Å². The summed E-state index contributed by atoms with van der Waals surface area (Å²) in [6, 6.07) is 17.2. The Morgan fingerprint density at radius 1 is 1.06 bits per heavy atom. The van der Waals surface area contributed by atoms with Gasteiger partial charge >= 0.3 is 0 Å². The van der Waals surface area contributed by atoms with E-state index < -0.39 is 0 Å². The fourth-order valence-corrected chi connectivity index (χ4v) is 2.78. The number of halogens is 1. The van der Waals surface area contributed by atoms with Crippen LogP contribution in [0.5, 0.6) is 0 Å². The summed E-state index contributed by atoms with van der Waals surface area (Å²) in [7, 11) is 0. The lowest BCUT2D eigenvalue weighted by molar-refractivity contribution is -0.698. The van der Waals surface area contributed by atoms with Gasteiger partial charge in [0.2, 0.25) is 0 Å². The van der Waals surface area contributed by atoms with Crippen molar-refractivity contribution in [3.8, 4) is 0 Å². The summed E-state index contributed by atoms with van der Waals surface area (Å²) in [5.74, 6) is 1.17. The van der Waals surface area contributed by atoms with Crippen LogP contribution in [0.4, 0.5) is 5.82 Å². The van der Waals surface area contributed by atoms with Gasteiger partial charge in [0, 0.05) is 11.6 Å². The van der Waals surface area contributed by atoms with Crippen molar-refractivity contribution in [3.05, 3.63) is 58.7 Å². The van der Waals surface area contributed by atoms with Crippen molar-refractivity contribution in [2.45, 2.75) is 6.04 Å². The molecule has 0 bridgehead atoms. The van der Waals surface area contributed by atoms with Crippen molar-refractivity contribution in [2.24, 2.45) is 0 Å². The van der Waals surface area contributed by atoms with Gasteiger partial charge in [0.05, 0.1) is 0 Å². The highest BCUT2D eigenvalue weighted by atomic mass is 79.9. The molecule has 1 aromatic heterocycles. The number of hydrogen-bond donors (Lipinski definition) is 1. The lowest BCUT2D eigenvalue weighted by Crippen LogP contribution is -2.38. The SMILES string of the molecule is Brc1cccc2[n+]1C(c1ccccc1)CN2. The molecule has 1 aliphatic rings. The Kier molecular flexibility index (Phi) is 2.40. The third-order valence-corrected chi connectivity index (χ3v) is 3.60. The number of aromatic nitrogens is 1. The summed E-state index contributed by atoms with van der Waals surface area (Å²) in [5, 5.41) is 3.42. The number of nitrogens with zero attached hydrogens (tertiary/aromatic N) is 1. The first-order valence-corrected chi connectivity index (χ1v) is 6.14. The first-order chi connectivity index (χ1) is 7.86. The van der Waals surface area contributed by atoms with Crippen LogP contribution < -0.4 is 9.88 Å². The number of rotatable bonds is 1. The molecule has 1 unspecified atom stereocenters. The molecule has 0 amide bonds. The smallest absolute Gasteiger partial charge is 0.270 e. The first-order valence-electron chi connectivity index (χ1n) is 5.35. The van der Waals surface area contributed by atoms with Gasteiger partial charge < -0.3 is 0 Å². The predicted octanol–water partition coefficient (Wildman–Crippen LogP) is 2.75. The summed E-state index contributed by atoms with van der Waals surface area (Å²) in [5.41, 5.74) is 1.34. The molecule has 0 saturated carbocycles. The van der Waals surface area contributed by atoms with Gasteiger partial charge in [-0.1, -0.05) is 30.3 Å². The van der Waals surface area contributed by atoms with Crippen molar-refractivity contribution in [1.29, 1.82) is 0 Å². The molecule has 1 aromatic carbocycles. The number of hydrogen-bond acceptors (Lipinski definition) is 1. The molecule has 2 nitrogen and oxygen atoms in total. The van der Waals surface area contributed by atoms with Gasteiger partial charge in [0.25, 0.3) is 5.82 Å². The van der Waals surface area contributed by atoms with E-state index in [2.05, 4.69) is 74.3 Å². The van der Waals surface area contributed by atoms with Gasteiger partial charge in [0.1, 0.15) is 6.54 Å². The molecule has 2 aromatic rings. The molecular weight excluding hydrogens is 264 g/mol. The second-order valence-corrected chi connectivity index (χ2v) is 4.72. The quantitative estimate of drug-likeness (QED) is 0.625. The summed E-state index contributed by atoms with van der Waals surface area (Å²) < 4.78 is 3.40. The highest BCUT2D eigenvalue weighted by Gasteiger charge is 2.31. The Bertz CT molecular complexity index is 511. The molecular formula is C13H12BrN2+. The average molecular weight is 276 g/mol. The monoisotopic (exact) mass is 275 g/mol. The summed E-state index contributed by atoms with van der Waals surface area (Å²) in [6.45, 7) is 0.951. The van der Waals surface area contributed by atoms with Crippen molar-refractivity contribution in [3.63, 3.8) is 0 Å². The van der Waals surface area contributed by atoms with Crippen LogP contribution in [0.25, 0.3) is 0 Å². The topological polar surface area (TPSA) is 15.9 Å². The molecule has 0 saturated heterocycles. The Labute approximate surface area is 103 Å². The lowest BCUT2D eigenvalue weighted by atomic mass is 10.1. The van der Waals surface area contributed by atoms with E-state index in [0.29, 0.717) is 6.04 Å². The second kappa shape index (κ2) is 3.91. The van der Waals surface area contributed by atoms with Crippen molar-refractivity contribution in [2.75, 3.05) is 11.9 Å². The zero-order chi connectivity index (χ0) is 11.0. The number of pyridine rings is 1. The molecule has 0 fully saturated rings. The highest BCUT2D eigenvalue weighted by Crippen LogP contribution is 2.23. The van der Waals surface area contributed by atoms with E-state index in [9.17, 15) is 0 Å². The van der Waals surface area contributed by atoms with Gasteiger partial charge in [-0.05, 0) is 28.1 Å². The molecule has 3 heteroatoms. The zero-order valence-corrected chi connectivity index (χ0v) is 10.3. The Morgan fingerprint density at radius 2 is 1.88 bits per heavy atom. The maximum Gasteiger partial charge on any atom is 0.276 e. The van der Waals surface area contributed by atoms with Crippen LogP contribution in [-0.4, -0.2) is 6.54 Å². The van der Waals surface area contributed by atoms with E-state index in [4.69, 9.17) is 0 Å². The predicted molar refractivity (Wildman–Crippen MR) is 67.4 cm³/mol. The number of benzene rings is 1. The standard InChI is InChI=1S/C13H11BrN2/c14-12-7-4-8-13-15-9-11(16(12)13)10-5-2-1-3-6-10/h1-8,11H,9H2/p+1. The number of nitrogens with one attached hydrogen (secondary N) is 1. The zero-order valence-electron chi connectivity index (χ0n) is 8.73. The van der Waals surface area contributed by atoms with Gasteiger partial charge in [-0.15, -0.1) is 0 Å².